The summed E-state index contributed by atoms with van der Waals surface area (Å²) in [5, 5.41) is 7.09. The normalized spacial score (nSPS) is 25.2. The molecule has 2 N–H and O–H groups in total. The highest BCUT2D eigenvalue weighted by Crippen LogP contribution is 2.33. The largest absolute Gasteiger partial charge is 0.383 e. The van der Waals surface area contributed by atoms with Crippen LogP contribution in [0.4, 0.5) is 0 Å². The van der Waals surface area contributed by atoms with E-state index in [2.05, 4.69) is 41.3 Å². The quantitative estimate of drug-likeness (QED) is 0.314. The zero-order valence-electron chi connectivity index (χ0n) is 18.6. The summed E-state index contributed by atoms with van der Waals surface area (Å²) in [6.07, 6.45) is 5.19. The Hall–Kier alpha value is -0.120. The number of piperidine rings is 1. The highest BCUT2D eigenvalue weighted by Gasteiger charge is 2.35. The number of hydrogen-bond donors (Lipinski definition) is 2. The molecular formula is C21H43IN4O2. The van der Waals surface area contributed by atoms with Gasteiger partial charge in [-0.3, -0.25) is 4.99 Å². The van der Waals surface area contributed by atoms with Crippen molar-refractivity contribution in [2.45, 2.75) is 52.6 Å². The van der Waals surface area contributed by atoms with E-state index in [9.17, 15) is 0 Å². The monoisotopic (exact) mass is 510 g/mol. The van der Waals surface area contributed by atoms with Gasteiger partial charge in [-0.15, -0.1) is 24.0 Å². The fourth-order valence-electron chi connectivity index (χ4n) is 4.33. The first kappa shape index (κ1) is 25.9. The van der Waals surface area contributed by atoms with Gasteiger partial charge in [-0.2, -0.15) is 0 Å². The maximum atomic E-state index is 6.10. The molecule has 7 heteroatoms. The fourth-order valence-corrected chi connectivity index (χ4v) is 4.33. The van der Waals surface area contributed by atoms with Gasteiger partial charge < -0.3 is 25.0 Å². The number of aliphatic imine (C=N–C) groups is 1. The van der Waals surface area contributed by atoms with Gasteiger partial charge in [0.25, 0.3) is 0 Å². The molecule has 2 aliphatic heterocycles. The molecule has 6 nitrogen and oxygen atoms in total. The van der Waals surface area contributed by atoms with Gasteiger partial charge in [0, 0.05) is 46.3 Å². The zero-order valence-corrected chi connectivity index (χ0v) is 21.0. The summed E-state index contributed by atoms with van der Waals surface area (Å²) in [6, 6.07) is 0. The van der Waals surface area contributed by atoms with Crippen LogP contribution in [0.3, 0.4) is 0 Å². The number of hydrogen-bond acceptors (Lipinski definition) is 4. The third kappa shape index (κ3) is 8.71. The Bertz CT molecular complexity index is 448. The summed E-state index contributed by atoms with van der Waals surface area (Å²) in [6.45, 7) is 13.9. The topological polar surface area (TPSA) is 58.1 Å². The predicted octanol–water partition coefficient (Wildman–Crippen LogP) is 2.97. The van der Waals surface area contributed by atoms with E-state index in [1.54, 1.807) is 7.11 Å². The van der Waals surface area contributed by atoms with Crippen LogP contribution in [-0.2, 0) is 9.47 Å². The molecular weight excluding hydrogens is 467 g/mol. The molecule has 2 fully saturated rings. The Balaban J connectivity index is 0.00000392. The van der Waals surface area contributed by atoms with Gasteiger partial charge in [0.05, 0.1) is 12.7 Å². The van der Waals surface area contributed by atoms with Crippen LogP contribution >= 0.6 is 24.0 Å². The summed E-state index contributed by atoms with van der Waals surface area (Å²) in [5.74, 6) is 2.19. The van der Waals surface area contributed by atoms with E-state index in [1.807, 2.05) is 7.05 Å². The fraction of sp³-hybridized carbons (Fsp3) is 0.952. The van der Waals surface area contributed by atoms with Crippen molar-refractivity contribution in [2.75, 3.05) is 60.1 Å². The first-order valence-corrected chi connectivity index (χ1v) is 10.7. The summed E-state index contributed by atoms with van der Waals surface area (Å²) in [4.78, 5) is 6.93. The molecule has 2 saturated heterocycles. The van der Waals surface area contributed by atoms with Crippen LogP contribution in [0.2, 0.25) is 0 Å². The molecule has 2 heterocycles. The molecule has 2 atom stereocenters. The van der Waals surface area contributed by atoms with Crippen molar-refractivity contribution in [3.63, 3.8) is 0 Å². The van der Waals surface area contributed by atoms with Crippen molar-refractivity contribution in [1.82, 2.24) is 15.5 Å². The minimum absolute atomic E-state index is 0. The van der Waals surface area contributed by atoms with E-state index in [-0.39, 0.29) is 29.4 Å². The first-order valence-electron chi connectivity index (χ1n) is 10.7. The number of likely N-dealkylation sites (tertiary alicyclic amines) is 1. The first-order chi connectivity index (χ1) is 12.9. The molecule has 0 aromatic heterocycles. The lowest BCUT2D eigenvalue weighted by molar-refractivity contribution is -0.0835. The molecule has 0 amide bonds. The number of halogens is 1. The van der Waals surface area contributed by atoms with Gasteiger partial charge in [0.15, 0.2) is 5.96 Å². The van der Waals surface area contributed by atoms with Gasteiger partial charge in [0.1, 0.15) is 0 Å². The Labute approximate surface area is 189 Å². The highest BCUT2D eigenvalue weighted by atomic mass is 127. The SMILES string of the molecule is CN=C(NCC1CCN(CCOC)CC1)NCC1CCCOC1C(C)(C)C.I. The second-order valence-corrected chi connectivity index (χ2v) is 9.17. The van der Waals surface area contributed by atoms with Crippen LogP contribution < -0.4 is 10.6 Å². The highest BCUT2D eigenvalue weighted by molar-refractivity contribution is 14.0. The molecule has 28 heavy (non-hydrogen) atoms. The summed E-state index contributed by atoms with van der Waals surface area (Å²) in [7, 11) is 3.64. The van der Waals surface area contributed by atoms with Crippen LogP contribution in [0.15, 0.2) is 4.99 Å². The van der Waals surface area contributed by atoms with E-state index < -0.39 is 0 Å². The van der Waals surface area contributed by atoms with Crippen LogP contribution in [0.5, 0.6) is 0 Å². The average Bonchev–Trinajstić information content (AvgIpc) is 2.67. The second kappa shape index (κ2) is 13.2. The van der Waals surface area contributed by atoms with Crippen LogP contribution in [0, 0.1) is 17.3 Å². The van der Waals surface area contributed by atoms with E-state index >= 15 is 0 Å². The van der Waals surface area contributed by atoms with Crippen molar-refractivity contribution < 1.29 is 9.47 Å². The van der Waals surface area contributed by atoms with Crippen molar-refractivity contribution >= 4 is 29.9 Å². The van der Waals surface area contributed by atoms with Gasteiger partial charge in [-0.05, 0) is 50.1 Å². The van der Waals surface area contributed by atoms with Gasteiger partial charge >= 0.3 is 0 Å². The number of ether oxygens (including phenoxy) is 2. The third-order valence-electron chi connectivity index (χ3n) is 5.93. The van der Waals surface area contributed by atoms with Crippen LogP contribution in [-0.4, -0.2) is 77.1 Å². The van der Waals surface area contributed by atoms with E-state index in [1.165, 1.54) is 32.4 Å². The number of methoxy groups -OCH3 is 1. The van der Waals surface area contributed by atoms with Crippen molar-refractivity contribution in [3.8, 4) is 0 Å². The molecule has 2 unspecified atom stereocenters. The molecule has 2 rings (SSSR count). The van der Waals surface area contributed by atoms with Gasteiger partial charge in [-0.25, -0.2) is 0 Å². The molecule has 0 aliphatic carbocycles. The zero-order chi connectivity index (χ0) is 19.7. The number of nitrogens with one attached hydrogen (secondary N) is 2. The summed E-state index contributed by atoms with van der Waals surface area (Å²) in [5.41, 5.74) is 0.181. The maximum Gasteiger partial charge on any atom is 0.190 e. The third-order valence-corrected chi connectivity index (χ3v) is 5.93. The Morgan fingerprint density at radius 1 is 1.14 bits per heavy atom. The molecule has 0 bridgehead atoms. The lowest BCUT2D eigenvalue weighted by Crippen LogP contribution is -2.48. The lowest BCUT2D eigenvalue weighted by Gasteiger charge is -2.40. The number of guanidine groups is 1. The maximum absolute atomic E-state index is 6.10. The minimum atomic E-state index is 0. The average molecular weight is 511 g/mol. The van der Waals surface area contributed by atoms with Gasteiger partial charge in [0.2, 0.25) is 0 Å². The Kier molecular flexibility index (Phi) is 12.3. The van der Waals surface area contributed by atoms with Crippen LogP contribution in [0.1, 0.15) is 46.5 Å². The smallest absolute Gasteiger partial charge is 0.190 e. The molecule has 0 aromatic carbocycles. The lowest BCUT2D eigenvalue weighted by atomic mass is 9.78. The van der Waals surface area contributed by atoms with Crippen molar-refractivity contribution in [2.24, 2.45) is 22.2 Å². The summed E-state index contributed by atoms with van der Waals surface area (Å²) >= 11 is 0. The number of nitrogens with zero attached hydrogens (tertiary/aromatic N) is 2. The minimum Gasteiger partial charge on any atom is -0.383 e. The molecule has 0 saturated carbocycles. The van der Waals surface area contributed by atoms with E-state index in [0.29, 0.717) is 12.0 Å². The van der Waals surface area contributed by atoms with E-state index in [0.717, 1.165) is 51.1 Å². The summed E-state index contributed by atoms with van der Waals surface area (Å²) < 4.78 is 11.3. The predicted molar refractivity (Wildman–Crippen MR) is 128 cm³/mol. The van der Waals surface area contributed by atoms with Gasteiger partial charge in [-0.1, -0.05) is 20.8 Å². The second-order valence-electron chi connectivity index (χ2n) is 9.17. The van der Waals surface area contributed by atoms with Crippen molar-refractivity contribution in [1.29, 1.82) is 0 Å². The Morgan fingerprint density at radius 2 is 1.82 bits per heavy atom. The van der Waals surface area contributed by atoms with Crippen LogP contribution in [0.25, 0.3) is 0 Å². The molecule has 0 radical (unpaired) electrons. The molecule has 0 spiro atoms. The molecule has 2 aliphatic rings. The molecule has 166 valence electrons. The van der Waals surface area contributed by atoms with E-state index in [4.69, 9.17) is 9.47 Å². The number of rotatable bonds is 7. The van der Waals surface area contributed by atoms with Crippen molar-refractivity contribution in [3.05, 3.63) is 0 Å². The molecule has 0 aromatic rings. The standard InChI is InChI=1S/C21H42N4O2.HI/c1-21(2,3)19-18(7-6-13-27-19)16-24-20(22-4)23-15-17-8-10-25(11-9-17)12-14-26-5;/h17-19H,6-16H2,1-5H3,(H2,22,23,24);1H. The Morgan fingerprint density at radius 3 is 2.43 bits per heavy atom.